The van der Waals surface area contributed by atoms with Crippen LogP contribution < -0.4 is 14.2 Å². The van der Waals surface area contributed by atoms with Crippen molar-refractivity contribution in [1.29, 1.82) is 5.26 Å². The predicted molar refractivity (Wildman–Crippen MR) is 159 cm³/mol. The Kier molecular flexibility index (Phi) is 9.17. The second-order valence-electron chi connectivity index (χ2n) is 11.4. The van der Waals surface area contributed by atoms with Gasteiger partial charge in [-0.25, -0.2) is 4.39 Å². The van der Waals surface area contributed by atoms with E-state index in [1.54, 1.807) is 44.8 Å². The van der Waals surface area contributed by atoms with Gasteiger partial charge in [-0.3, -0.25) is 0 Å². The lowest BCUT2D eigenvalue weighted by atomic mass is 9.63. The minimum atomic E-state index is -0.587. The van der Waals surface area contributed by atoms with E-state index in [1.807, 2.05) is 18.2 Å². The number of hydrogen-bond acceptors (Lipinski definition) is 6. The predicted octanol–water partition coefficient (Wildman–Crippen LogP) is 8.07. The lowest BCUT2D eigenvalue weighted by Gasteiger charge is -2.39. The molecule has 40 heavy (non-hydrogen) atoms. The summed E-state index contributed by atoms with van der Waals surface area (Å²) in [6.07, 6.45) is 9.76. The molecule has 0 amide bonds. The van der Waals surface area contributed by atoms with Crippen LogP contribution in [0.4, 0.5) is 4.39 Å². The molecular formula is C33H41FN2O3S. The quantitative estimate of drug-likeness (QED) is 0.249. The van der Waals surface area contributed by atoms with Crippen LogP contribution >= 0.6 is 11.3 Å². The molecule has 1 saturated carbocycles. The summed E-state index contributed by atoms with van der Waals surface area (Å²) in [5.41, 5.74) is 1.77. The van der Waals surface area contributed by atoms with Gasteiger partial charge < -0.3 is 19.1 Å². The first kappa shape index (κ1) is 28.7. The molecule has 214 valence electrons. The molecule has 1 aliphatic carbocycles. The molecule has 1 aliphatic heterocycles. The Morgan fingerprint density at radius 3 is 2.30 bits per heavy atom. The SMILES string of the molecule is COc1cc(C(C#N)(CCCN2CCC(c3csc4cc(F)ccc34)CC2)C2CCCCC2)cc(OC)c1OC. The Hall–Kier alpha value is -2.82. The fraction of sp³-hybridized carbons (Fsp3) is 0.545. The van der Waals surface area contributed by atoms with Gasteiger partial charge in [-0.05, 0) is 116 Å². The van der Waals surface area contributed by atoms with E-state index in [9.17, 15) is 9.65 Å². The Bertz CT molecular complexity index is 1310. The van der Waals surface area contributed by atoms with Crippen molar-refractivity contribution >= 4 is 21.4 Å². The van der Waals surface area contributed by atoms with Crippen LogP contribution in [0.1, 0.15) is 74.8 Å². The molecule has 7 heteroatoms. The summed E-state index contributed by atoms with van der Waals surface area (Å²) < 4.78 is 31.6. The number of nitrogens with zero attached hydrogens (tertiary/aromatic N) is 2. The summed E-state index contributed by atoms with van der Waals surface area (Å²) in [6.45, 7) is 3.09. The molecule has 1 unspecified atom stereocenters. The smallest absolute Gasteiger partial charge is 0.203 e. The molecule has 0 bridgehead atoms. The van der Waals surface area contributed by atoms with E-state index in [1.165, 1.54) is 30.2 Å². The average molecular weight is 565 g/mol. The summed E-state index contributed by atoms with van der Waals surface area (Å²) >= 11 is 1.65. The summed E-state index contributed by atoms with van der Waals surface area (Å²) in [5, 5.41) is 14.3. The van der Waals surface area contributed by atoms with Crippen molar-refractivity contribution in [2.24, 2.45) is 5.92 Å². The van der Waals surface area contributed by atoms with E-state index >= 15 is 0 Å². The molecule has 3 aromatic rings. The molecule has 1 saturated heterocycles. The maximum Gasteiger partial charge on any atom is 0.203 e. The number of methoxy groups -OCH3 is 3. The number of ether oxygens (including phenoxy) is 3. The molecule has 0 spiro atoms. The first-order valence-corrected chi connectivity index (χ1v) is 15.5. The van der Waals surface area contributed by atoms with E-state index in [0.29, 0.717) is 29.1 Å². The third-order valence-corrected chi connectivity index (χ3v) is 10.3. The van der Waals surface area contributed by atoms with Crippen molar-refractivity contribution < 1.29 is 18.6 Å². The van der Waals surface area contributed by atoms with Crippen LogP contribution in [0.5, 0.6) is 17.2 Å². The Morgan fingerprint density at radius 1 is 0.975 bits per heavy atom. The van der Waals surface area contributed by atoms with Gasteiger partial charge in [0.15, 0.2) is 11.5 Å². The molecule has 0 N–H and O–H groups in total. The third kappa shape index (κ3) is 5.66. The number of likely N-dealkylation sites (tertiary alicyclic amines) is 1. The highest BCUT2D eigenvalue weighted by Crippen LogP contribution is 2.49. The average Bonchev–Trinajstić information content (AvgIpc) is 3.42. The number of fused-ring (bicyclic) bond motifs is 1. The molecule has 2 fully saturated rings. The van der Waals surface area contributed by atoms with Crippen LogP contribution in [0.2, 0.25) is 0 Å². The minimum Gasteiger partial charge on any atom is -0.493 e. The molecule has 1 aromatic heterocycles. The van der Waals surface area contributed by atoms with Gasteiger partial charge in [0.2, 0.25) is 5.75 Å². The van der Waals surface area contributed by atoms with Crippen molar-refractivity contribution in [2.45, 2.75) is 69.1 Å². The molecule has 5 rings (SSSR count). The summed E-state index contributed by atoms with van der Waals surface area (Å²) in [4.78, 5) is 2.56. The number of benzene rings is 2. The molecule has 2 aromatic carbocycles. The van der Waals surface area contributed by atoms with Crippen LogP contribution in [0, 0.1) is 23.1 Å². The van der Waals surface area contributed by atoms with Gasteiger partial charge in [-0.2, -0.15) is 5.26 Å². The second kappa shape index (κ2) is 12.8. The lowest BCUT2D eigenvalue weighted by molar-refractivity contribution is 0.189. The van der Waals surface area contributed by atoms with Crippen molar-refractivity contribution in [1.82, 2.24) is 4.90 Å². The zero-order chi connectivity index (χ0) is 28.1. The van der Waals surface area contributed by atoms with Gasteiger partial charge in [0.1, 0.15) is 5.82 Å². The topological polar surface area (TPSA) is 54.7 Å². The van der Waals surface area contributed by atoms with Crippen LogP contribution in [0.3, 0.4) is 0 Å². The molecule has 2 aliphatic rings. The molecular weight excluding hydrogens is 523 g/mol. The fourth-order valence-corrected chi connectivity index (χ4v) is 8.18. The summed E-state index contributed by atoms with van der Waals surface area (Å²) in [5.74, 6) is 2.46. The lowest BCUT2D eigenvalue weighted by Crippen LogP contribution is -2.38. The van der Waals surface area contributed by atoms with Gasteiger partial charge in [0, 0.05) is 4.70 Å². The van der Waals surface area contributed by atoms with Crippen LogP contribution in [0.15, 0.2) is 35.7 Å². The zero-order valence-corrected chi connectivity index (χ0v) is 24.8. The van der Waals surface area contributed by atoms with E-state index < -0.39 is 5.41 Å². The highest BCUT2D eigenvalue weighted by molar-refractivity contribution is 7.17. The van der Waals surface area contributed by atoms with Gasteiger partial charge in [0.25, 0.3) is 0 Å². The second-order valence-corrected chi connectivity index (χ2v) is 12.3. The maximum absolute atomic E-state index is 13.7. The monoisotopic (exact) mass is 564 g/mol. The minimum absolute atomic E-state index is 0.163. The van der Waals surface area contributed by atoms with Gasteiger partial charge in [0.05, 0.1) is 32.8 Å². The van der Waals surface area contributed by atoms with E-state index in [0.717, 1.165) is 68.4 Å². The van der Waals surface area contributed by atoms with Crippen molar-refractivity contribution in [3.8, 4) is 23.3 Å². The van der Waals surface area contributed by atoms with Crippen molar-refractivity contribution in [3.05, 3.63) is 52.7 Å². The molecule has 0 radical (unpaired) electrons. The summed E-state index contributed by atoms with van der Waals surface area (Å²) in [7, 11) is 4.88. The van der Waals surface area contributed by atoms with Gasteiger partial charge in [-0.15, -0.1) is 11.3 Å². The van der Waals surface area contributed by atoms with E-state index in [4.69, 9.17) is 14.2 Å². The van der Waals surface area contributed by atoms with E-state index in [2.05, 4.69) is 16.3 Å². The largest absolute Gasteiger partial charge is 0.493 e. The highest BCUT2D eigenvalue weighted by Gasteiger charge is 2.42. The number of rotatable bonds is 10. The van der Waals surface area contributed by atoms with Crippen LogP contribution in [0.25, 0.3) is 10.1 Å². The highest BCUT2D eigenvalue weighted by atomic mass is 32.1. The van der Waals surface area contributed by atoms with Crippen molar-refractivity contribution in [2.75, 3.05) is 41.0 Å². The Balaban J connectivity index is 1.29. The first-order valence-electron chi connectivity index (χ1n) is 14.6. The van der Waals surface area contributed by atoms with E-state index in [-0.39, 0.29) is 5.82 Å². The van der Waals surface area contributed by atoms with Crippen LogP contribution in [-0.4, -0.2) is 45.9 Å². The number of hydrogen-bond donors (Lipinski definition) is 0. The number of piperidine rings is 1. The third-order valence-electron chi connectivity index (χ3n) is 9.32. The normalized spacial score (nSPS) is 18.8. The number of thiophene rings is 1. The van der Waals surface area contributed by atoms with Crippen molar-refractivity contribution in [3.63, 3.8) is 0 Å². The zero-order valence-electron chi connectivity index (χ0n) is 24.0. The fourth-order valence-electron chi connectivity index (χ4n) is 7.12. The molecule has 2 heterocycles. The standard InChI is InChI=1S/C33H41FN2O3S/c1-37-29-18-25(19-30(38-2)32(29)39-3)33(22-35,24-8-5-4-6-9-24)14-7-15-36-16-12-23(13-17-36)28-21-40-31-20-26(34)10-11-27(28)31/h10-11,18-21,23-24H,4-9,12-17H2,1-3H3. The Labute approximate surface area is 241 Å². The van der Waals surface area contributed by atoms with Gasteiger partial charge in [-0.1, -0.05) is 25.3 Å². The molecule has 1 atom stereocenters. The number of nitriles is 1. The maximum atomic E-state index is 13.7. The first-order chi connectivity index (χ1) is 19.5. The number of halogens is 1. The van der Waals surface area contributed by atoms with Gasteiger partial charge >= 0.3 is 0 Å². The molecule has 5 nitrogen and oxygen atoms in total. The summed E-state index contributed by atoms with van der Waals surface area (Å²) in [6, 6.07) is 12.0. The van der Waals surface area contributed by atoms with Crippen LogP contribution in [-0.2, 0) is 5.41 Å². The Morgan fingerprint density at radius 2 is 1.68 bits per heavy atom.